The zero-order valence-electron chi connectivity index (χ0n) is 14.2. The van der Waals surface area contributed by atoms with Gasteiger partial charge in [0, 0.05) is 10.4 Å². The predicted octanol–water partition coefficient (Wildman–Crippen LogP) is 4.14. The fourth-order valence-corrected chi connectivity index (χ4v) is 5.13. The molecular weight excluding hydrogens is 332 g/mol. The lowest BCUT2D eigenvalue weighted by molar-refractivity contribution is 0.475. The molecule has 1 atom stereocenters. The van der Waals surface area contributed by atoms with E-state index < -0.39 is 0 Å². The summed E-state index contributed by atoms with van der Waals surface area (Å²) in [5.74, 6) is 2.42. The number of rotatable bonds is 1. The highest BCUT2D eigenvalue weighted by atomic mass is 32.1. The van der Waals surface area contributed by atoms with E-state index in [-0.39, 0.29) is 5.75 Å². The topological polar surface area (TPSA) is 63.3 Å². The first-order chi connectivity index (χ1) is 12.1. The zero-order valence-corrected chi connectivity index (χ0v) is 15.0. The lowest BCUT2D eigenvalue weighted by Crippen LogP contribution is -2.08. The summed E-state index contributed by atoms with van der Waals surface area (Å²) in [5.41, 5.74) is 3.10. The molecule has 1 N–H and O–H groups in total. The number of aromatic nitrogens is 4. The monoisotopic (exact) mass is 350 g/mol. The van der Waals surface area contributed by atoms with Crippen LogP contribution < -0.4 is 0 Å². The number of phenols is 1. The molecule has 1 unspecified atom stereocenters. The van der Waals surface area contributed by atoms with Crippen LogP contribution in [0.25, 0.3) is 27.3 Å². The molecule has 0 saturated carbocycles. The molecule has 0 amide bonds. The molecule has 0 fully saturated rings. The Bertz CT molecular complexity index is 1130. The standard InChI is InChI=1S/C19H18N4OS/c1-10-6-7-14-15(8-10)25-19-16(14)18-21-17(22-23(18)11(2)20-19)12-4-3-5-13(24)9-12/h3-5,9-10,24H,6-8H2,1-2H3. The first kappa shape index (κ1) is 14.8. The number of aromatic hydroxyl groups is 1. The quantitative estimate of drug-likeness (QED) is 0.560. The zero-order chi connectivity index (χ0) is 17.1. The number of aryl methyl sites for hydroxylation is 2. The molecule has 0 radical (unpaired) electrons. The summed E-state index contributed by atoms with van der Waals surface area (Å²) < 4.78 is 1.84. The molecule has 1 aliphatic carbocycles. The van der Waals surface area contributed by atoms with Crippen molar-refractivity contribution in [2.45, 2.75) is 33.1 Å². The molecule has 3 aromatic heterocycles. The number of nitrogens with zero attached hydrogens (tertiary/aromatic N) is 4. The van der Waals surface area contributed by atoms with Gasteiger partial charge in [-0.25, -0.2) is 9.97 Å². The largest absolute Gasteiger partial charge is 0.508 e. The number of fused-ring (bicyclic) bond motifs is 5. The normalized spacial score (nSPS) is 17.3. The van der Waals surface area contributed by atoms with Crippen LogP contribution in [0.3, 0.4) is 0 Å². The molecule has 3 heterocycles. The highest BCUT2D eigenvalue weighted by Crippen LogP contribution is 2.39. The maximum absolute atomic E-state index is 9.75. The van der Waals surface area contributed by atoms with Gasteiger partial charge >= 0.3 is 0 Å². The van der Waals surface area contributed by atoms with E-state index in [2.05, 4.69) is 12.0 Å². The third-order valence-electron chi connectivity index (χ3n) is 5.00. The van der Waals surface area contributed by atoms with Crippen molar-refractivity contribution in [2.75, 3.05) is 0 Å². The van der Waals surface area contributed by atoms with Crippen molar-refractivity contribution in [1.82, 2.24) is 19.6 Å². The summed E-state index contributed by atoms with van der Waals surface area (Å²) in [4.78, 5) is 12.1. The maximum atomic E-state index is 9.75. The third kappa shape index (κ3) is 2.24. The van der Waals surface area contributed by atoms with Crippen LogP contribution in [-0.2, 0) is 12.8 Å². The van der Waals surface area contributed by atoms with Crippen molar-refractivity contribution in [3.05, 3.63) is 40.5 Å². The van der Waals surface area contributed by atoms with E-state index in [1.54, 1.807) is 12.1 Å². The Kier molecular flexibility index (Phi) is 3.12. The van der Waals surface area contributed by atoms with Crippen LogP contribution in [0.2, 0.25) is 0 Å². The van der Waals surface area contributed by atoms with Gasteiger partial charge in [-0.3, -0.25) is 0 Å². The van der Waals surface area contributed by atoms with Crippen molar-refractivity contribution in [1.29, 1.82) is 0 Å². The maximum Gasteiger partial charge on any atom is 0.182 e. The average Bonchev–Trinajstić information content (AvgIpc) is 3.15. The highest BCUT2D eigenvalue weighted by Gasteiger charge is 2.24. The first-order valence-corrected chi connectivity index (χ1v) is 9.39. The molecule has 1 aromatic carbocycles. The number of hydrogen-bond acceptors (Lipinski definition) is 5. The number of hydrogen-bond donors (Lipinski definition) is 1. The molecule has 6 heteroatoms. The summed E-state index contributed by atoms with van der Waals surface area (Å²) in [5, 5.41) is 15.6. The van der Waals surface area contributed by atoms with Crippen molar-refractivity contribution < 1.29 is 5.11 Å². The Morgan fingerprint density at radius 2 is 2.16 bits per heavy atom. The first-order valence-electron chi connectivity index (χ1n) is 8.57. The Hall–Kier alpha value is -2.47. The van der Waals surface area contributed by atoms with E-state index in [9.17, 15) is 5.11 Å². The Morgan fingerprint density at radius 3 is 3.00 bits per heavy atom. The molecule has 25 heavy (non-hydrogen) atoms. The van der Waals surface area contributed by atoms with E-state index in [1.165, 1.54) is 16.9 Å². The van der Waals surface area contributed by atoms with Gasteiger partial charge in [-0.2, -0.15) is 4.52 Å². The Labute approximate surface area is 149 Å². The Morgan fingerprint density at radius 1 is 1.28 bits per heavy atom. The van der Waals surface area contributed by atoms with Gasteiger partial charge in [-0.1, -0.05) is 19.1 Å². The minimum Gasteiger partial charge on any atom is -0.508 e. The summed E-state index contributed by atoms with van der Waals surface area (Å²) in [6, 6.07) is 7.07. The van der Waals surface area contributed by atoms with E-state index >= 15 is 0 Å². The van der Waals surface area contributed by atoms with Gasteiger partial charge < -0.3 is 5.11 Å². The molecule has 4 aromatic rings. The molecule has 1 aliphatic rings. The molecular formula is C19H18N4OS. The molecule has 0 bridgehead atoms. The lowest BCUT2D eigenvalue weighted by atomic mass is 9.89. The lowest BCUT2D eigenvalue weighted by Gasteiger charge is -2.17. The van der Waals surface area contributed by atoms with Gasteiger partial charge in [0.2, 0.25) is 0 Å². The van der Waals surface area contributed by atoms with Gasteiger partial charge in [-0.05, 0) is 49.8 Å². The highest BCUT2D eigenvalue weighted by molar-refractivity contribution is 7.19. The molecule has 5 nitrogen and oxygen atoms in total. The van der Waals surface area contributed by atoms with Crippen molar-refractivity contribution in [2.24, 2.45) is 5.92 Å². The minimum atomic E-state index is 0.221. The van der Waals surface area contributed by atoms with Crippen LogP contribution in [0.4, 0.5) is 0 Å². The smallest absolute Gasteiger partial charge is 0.182 e. The number of thiophene rings is 1. The fraction of sp³-hybridized carbons (Fsp3) is 0.316. The molecule has 126 valence electrons. The van der Waals surface area contributed by atoms with Crippen LogP contribution in [-0.4, -0.2) is 24.7 Å². The Balaban J connectivity index is 1.80. The molecule has 5 rings (SSSR count). The minimum absolute atomic E-state index is 0.221. The summed E-state index contributed by atoms with van der Waals surface area (Å²) in [7, 11) is 0. The number of benzene rings is 1. The summed E-state index contributed by atoms with van der Waals surface area (Å²) in [6.07, 6.45) is 3.44. The van der Waals surface area contributed by atoms with E-state index in [0.717, 1.165) is 46.0 Å². The van der Waals surface area contributed by atoms with Gasteiger partial charge in [0.25, 0.3) is 0 Å². The molecule has 0 spiro atoms. The second-order valence-corrected chi connectivity index (χ2v) is 8.00. The van der Waals surface area contributed by atoms with Crippen molar-refractivity contribution >= 4 is 27.2 Å². The van der Waals surface area contributed by atoms with Crippen LogP contribution in [0, 0.1) is 12.8 Å². The average molecular weight is 350 g/mol. The summed E-state index contributed by atoms with van der Waals surface area (Å²) >= 11 is 1.81. The second-order valence-electron chi connectivity index (χ2n) is 6.91. The van der Waals surface area contributed by atoms with Gasteiger partial charge in [0.1, 0.15) is 16.4 Å². The van der Waals surface area contributed by atoms with E-state index in [4.69, 9.17) is 9.97 Å². The van der Waals surface area contributed by atoms with Crippen LogP contribution in [0.5, 0.6) is 5.75 Å². The fourth-order valence-electron chi connectivity index (χ4n) is 3.71. The molecule has 0 saturated heterocycles. The van der Waals surface area contributed by atoms with Gasteiger partial charge in [-0.15, -0.1) is 16.4 Å². The van der Waals surface area contributed by atoms with Gasteiger partial charge in [0.15, 0.2) is 11.5 Å². The van der Waals surface area contributed by atoms with Crippen LogP contribution in [0.15, 0.2) is 24.3 Å². The van der Waals surface area contributed by atoms with E-state index in [1.807, 2.05) is 34.9 Å². The predicted molar refractivity (Wildman–Crippen MR) is 99.2 cm³/mol. The van der Waals surface area contributed by atoms with Crippen LogP contribution >= 0.6 is 11.3 Å². The second kappa shape index (κ2) is 5.26. The van der Waals surface area contributed by atoms with Gasteiger partial charge in [0.05, 0.1) is 5.39 Å². The van der Waals surface area contributed by atoms with Crippen molar-refractivity contribution in [3.8, 4) is 17.1 Å². The SMILES string of the molecule is Cc1nc2sc3c(c2c2nc(-c4cccc(O)c4)nn12)CCC(C)C3. The number of phenolic OH excluding ortho intramolecular Hbond substituents is 1. The van der Waals surface area contributed by atoms with E-state index in [0.29, 0.717) is 5.82 Å². The van der Waals surface area contributed by atoms with Crippen LogP contribution in [0.1, 0.15) is 29.6 Å². The molecule has 0 aliphatic heterocycles. The third-order valence-corrected chi connectivity index (χ3v) is 6.15. The van der Waals surface area contributed by atoms with Crippen molar-refractivity contribution in [3.63, 3.8) is 0 Å². The summed E-state index contributed by atoms with van der Waals surface area (Å²) in [6.45, 7) is 4.29.